The molecule has 0 radical (unpaired) electrons. The van der Waals surface area contributed by atoms with E-state index in [9.17, 15) is 4.21 Å². The Balaban J connectivity index is 2.23. The first-order chi connectivity index (χ1) is 8.08. The summed E-state index contributed by atoms with van der Waals surface area (Å²) < 4.78 is 12.2. The molecule has 2 rings (SSSR count). The van der Waals surface area contributed by atoms with Crippen molar-refractivity contribution in [3.8, 4) is 0 Å². The fraction of sp³-hybridized carbons (Fsp3) is 0.250. The molecule has 1 atom stereocenters. The number of benzene rings is 1. The minimum atomic E-state index is -1.12. The Morgan fingerprint density at radius 3 is 2.82 bits per heavy atom. The molecule has 0 aliphatic rings. The molecule has 1 aromatic heterocycles. The van der Waals surface area contributed by atoms with E-state index in [1.165, 1.54) is 0 Å². The van der Waals surface area contributed by atoms with Gasteiger partial charge in [0.15, 0.2) is 0 Å². The second-order valence-corrected chi connectivity index (χ2v) is 6.32. The molecule has 0 saturated carbocycles. The predicted molar refractivity (Wildman–Crippen MR) is 72.6 cm³/mol. The topological polar surface area (TPSA) is 56.0 Å². The van der Waals surface area contributed by atoms with Crippen molar-refractivity contribution in [2.24, 2.45) is 0 Å². The minimum Gasteiger partial charge on any atom is -0.398 e. The third-order valence-corrected chi connectivity index (χ3v) is 4.70. The fourth-order valence-electron chi connectivity index (χ4n) is 1.54. The Bertz CT molecular complexity index is 563. The Hall–Kier alpha value is -1.20. The first kappa shape index (κ1) is 12.3. The molecule has 17 heavy (non-hydrogen) atoms. The van der Waals surface area contributed by atoms with Gasteiger partial charge in [0.1, 0.15) is 0 Å². The lowest BCUT2D eigenvalue weighted by molar-refractivity contribution is 0.682. The van der Waals surface area contributed by atoms with Gasteiger partial charge in [0.25, 0.3) is 0 Å². The molecule has 5 heteroatoms. The van der Waals surface area contributed by atoms with Crippen LogP contribution in [0, 0.1) is 13.8 Å². The highest BCUT2D eigenvalue weighted by Crippen LogP contribution is 2.22. The van der Waals surface area contributed by atoms with E-state index < -0.39 is 10.8 Å². The summed E-state index contributed by atoms with van der Waals surface area (Å²) in [5.74, 6) is 0.429. The van der Waals surface area contributed by atoms with E-state index in [-0.39, 0.29) is 0 Å². The lowest BCUT2D eigenvalue weighted by atomic mass is 10.2. The first-order valence-electron chi connectivity index (χ1n) is 5.22. The van der Waals surface area contributed by atoms with Gasteiger partial charge in [-0.3, -0.25) is 4.21 Å². The van der Waals surface area contributed by atoms with E-state index >= 15 is 0 Å². The van der Waals surface area contributed by atoms with Crippen LogP contribution in [0.3, 0.4) is 0 Å². The number of para-hydroxylation sites is 1. The number of nitrogens with zero attached hydrogens (tertiary/aromatic N) is 1. The van der Waals surface area contributed by atoms with Gasteiger partial charge < -0.3 is 5.73 Å². The van der Waals surface area contributed by atoms with Gasteiger partial charge in [-0.2, -0.15) is 0 Å². The van der Waals surface area contributed by atoms with Crippen LogP contribution in [0.2, 0.25) is 0 Å². The molecule has 90 valence electrons. The van der Waals surface area contributed by atoms with E-state index in [0.717, 1.165) is 16.3 Å². The minimum absolute atomic E-state index is 0.429. The number of hydrogen-bond donors (Lipinski definition) is 1. The van der Waals surface area contributed by atoms with Crippen LogP contribution >= 0.6 is 11.3 Å². The molecule has 1 unspecified atom stereocenters. The van der Waals surface area contributed by atoms with E-state index in [4.69, 9.17) is 5.73 Å². The number of nitrogen functional groups attached to an aromatic ring is 1. The van der Waals surface area contributed by atoms with Crippen LogP contribution in [-0.2, 0) is 16.6 Å². The molecule has 1 aromatic carbocycles. The molecular weight excluding hydrogens is 252 g/mol. The molecule has 0 aliphatic heterocycles. The van der Waals surface area contributed by atoms with Crippen molar-refractivity contribution in [3.05, 3.63) is 39.8 Å². The average Bonchev–Trinajstić information content (AvgIpc) is 2.68. The number of anilines is 1. The van der Waals surface area contributed by atoms with Gasteiger partial charge in [-0.15, -0.1) is 11.3 Å². The van der Waals surface area contributed by atoms with Crippen LogP contribution in [-0.4, -0.2) is 9.19 Å². The van der Waals surface area contributed by atoms with E-state index in [1.54, 1.807) is 11.3 Å². The van der Waals surface area contributed by atoms with E-state index in [1.807, 2.05) is 37.4 Å². The number of aromatic nitrogens is 1. The van der Waals surface area contributed by atoms with Gasteiger partial charge in [0.2, 0.25) is 0 Å². The summed E-state index contributed by atoms with van der Waals surface area (Å²) in [7, 11) is -1.12. The molecule has 1 heterocycles. The molecule has 2 N–H and O–H groups in total. The summed E-state index contributed by atoms with van der Waals surface area (Å²) in [5, 5.41) is 2.94. The Kier molecular flexibility index (Phi) is 3.59. The van der Waals surface area contributed by atoms with E-state index in [2.05, 4.69) is 4.98 Å². The molecule has 2 aromatic rings. The van der Waals surface area contributed by atoms with Crippen LogP contribution in [0.1, 0.15) is 16.3 Å². The summed E-state index contributed by atoms with van der Waals surface area (Å²) in [4.78, 5) is 5.02. The third kappa shape index (κ3) is 2.73. The summed E-state index contributed by atoms with van der Waals surface area (Å²) in [5.41, 5.74) is 8.39. The maximum Gasteiger partial charge on any atom is 0.0897 e. The lowest BCUT2D eigenvalue weighted by Crippen LogP contribution is -2.02. The third-order valence-electron chi connectivity index (χ3n) is 2.47. The van der Waals surface area contributed by atoms with Crippen LogP contribution < -0.4 is 5.73 Å². The van der Waals surface area contributed by atoms with Crippen molar-refractivity contribution in [2.75, 3.05) is 5.73 Å². The largest absolute Gasteiger partial charge is 0.398 e. The molecule has 0 amide bonds. The second-order valence-electron chi connectivity index (χ2n) is 3.83. The molecule has 0 fully saturated rings. The molecule has 3 nitrogen and oxygen atoms in total. The Morgan fingerprint density at radius 1 is 1.41 bits per heavy atom. The zero-order valence-electron chi connectivity index (χ0n) is 9.77. The van der Waals surface area contributed by atoms with Gasteiger partial charge in [-0.1, -0.05) is 12.1 Å². The highest BCUT2D eigenvalue weighted by Gasteiger charge is 2.11. The smallest absolute Gasteiger partial charge is 0.0897 e. The molecule has 0 bridgehead atoms. The SMILES string of the molecule is Cc1nc(CS(=O)c2cccc(C)c2N)cs1. The number of thiazole rings is 1. The van der Waals surface area contributed by atoms with Gasteiger partial charge in [-0.25, -0.2) is 4.98 Å². The average molecular weight is 266 g/mol. The summed E-state index contributed by atoms with van der Waals surface area (Å²) >= 11 is 1.57. The van der Waals surface area contributed by atoms with Crippen molar-refractivity contribution in [2.45, 2.75) is 24.5 Å². The van der Waals surface area contributed by atoms with Crippen molar-refractivity contribution in [3.63, 3.8) is 0 Å². The zero-order valence-corrected chi connectivity index (χ0v) is 11.4. The van der Waals surface area contributed by atoms with Crippen LogP contribution in [0.5, 0.6) is 0 Å². The second kappa shape index (κ2) is 4.98. The highest BCUT2D eigenvalue weighted by molar-refractivity contribution is 7.84. The number of nitrogens with two attached hydrogens (primary N) is 1. The van der Waals surface area contributed by atoms with Crippen molar-refractivity contribution >= 4 is 27.8 Å². The van der Waals surface area contributed by atoms with Gasteiger partial charge in [-0.05, 0) is 25.5 Å². The molecule has 0 aliphatic carbocycles. The Labute approximate surface area is 107 Å². The maximum absolute atomic E-state index is 12.2. The highest BCUT2D eigenvalue weighted by atomic mass is 32.2. The number of rotatable bonds is 3. The first-order valence-corrected chi connectivity index (χ1v) is 7.42. The summed E-state index contributed by atoms with van der Waals surface area (Å²) in [6, 6.07) is 5.62. The summed E-state index contributed by atoms with van der Waals surface area (Å²) in [6.45, 7) is 3.86. The van der Waals surface area contributed by atoms with Crippen molar-refractivity contribution in [1.29, 1.82) is 0 Å². The van der Waals surface area contributed by atoms with Gasteiger partial charge in [0, 0.05) is 5.38 Å². The lowest BCUT2D eigenvalue weighted by Gasteiger charge is -2.06. The van der Waals surface area contributed by atoms with Crippen molar-refractivity contribution < 1.29 is 4.21 Å². The van der Waals surface area contributed by atoms with Gasteiger partial charge in [0.05, 0.1) is 37.8 Å². The predicted octanol–water partition coefficient (Wildman–Crippen LogP) is 2.65. The van der Waals surface area contributed by atoms with Crippen LogP contribution in [0.4, 0.5) is 5.69 Å². The van der Waals surface area contributed by atoms with Crippen LogP contribution in [0.15, 0.2) is 28.5 Å². The number of hydrogen-bond acceptors (Lipinski definition) is 4. The fourth-order valence-corrected chi connectivity index (χ4v) is 3.47. The quantitative estimate of drug-likeness (QED) is 0.869. The maximum atomic E-state index is 12.2. The van der Waals surface area contributed by atoms with Crippen LogP contribution in [0.25, 0.3) is 0 Å². The van der Waals surface area contributed by atoms with Gasteiger partial charge >= 0.3 is 0 Å². The monoisotopic (exact) mass is 266 g/mol. The molecule has 0 spiro atoms. The molecule has 0 saturated heterocycles. The van der Waals surface area contributed by atoms with Crippen molar-refractivity contribution in [1.82, 2.24) is 4.98 Å². The Morgan fingerprint density at radius 2 is 2.18 bits per heavy atom. The normalized spacial score (nSPS) is 12.6. The zero-order chi connectivity index (χ0) is 12.4. The molecular formula is C12H14N2OS2. The summed E-state index contributed by atoms with van der Waals surface area (Å²) in [6.07, 6.45) is 0. The number of aryl methyl sites for hydroxylation is 2. The standard InChI is InChI=1S/C12H14N2OS2/c1-8-4-3-5-11(12(8)13)17(15)7-10-6-16-9(2)14-10/h3-6H,7,13H2,1-2H3. The van der Waals surface area contributed by atoms with E-state index in [0.29, 0.717) is 16.3 Å².